The lowest BCUT2D eigenvalue weighted by molar-refractivity contribution is 0.389. The van der Waals surface area contributed by atoms with Gasteiger partial charge in [-0.05, 0) is 50.0 Å². The van der Waals surface area contributed by atoms with Gasteiger partial charge in [-0.25, -0.2) is 0 Å². The lowest BCUT2D eigenvalue weighted by atomic mass is 10.0. The summed E-state index contributed by atoms with van der Waals surface area (Å²) in [5, 5.41) is 0.264. The van der Waals surface area contributed by atoms with E-state index in [0.717, 1.165) is 0 Å². The average molecular weight is 252 g/mol. The number of allylic oxidation sites excluding steroid dienone is 3. The molecule has 0 aromatic heterocycles. The second-order valence-corrected chi connectivity index (χ2v) is 11.6. The van der Waals surface area contributed by atoms with Crippen LogP contribution in [0.2, 0.25) is 18.1 Å². The fourth-order valence-electron chi connectivity index (χ4n) is 1.89. The summed E-state index contributed by atoms with van der Waals surface area (Å²) in [6.45, 7) is 20.4. The molecule has 2 heteroatoms. The van der Waals surface area contributed by atoms with Crippen LogP contribution in [0.3, 0.4) is 0 Å². The molecule has 0 aromatic rings. The van der Waals surface area contributed by atoms with Gasteiger partial charge in [-0.15, -0.1) is 0 Å². The van der Waals surface area contributed by atoms with Crippen molar-refractivity contribution in [3.8, 4) is 0 Å². The highest BCUT2D eigenvalue weighted by Crippen LogP contribution is 2.43. The Bertz CT molecular complexity index is 380. The lowest BCUT2D eigenvalue weighted by Crippen LogP contribution is -2.40. The SMILES string of the molecule is CC1=C(C)C(C)C(C)=C1O[Si](C)(C)C(C)(C)C. The van der Waals surface area contributed by atoms with Gasteiger partial charge < -0.3 is 4.43 Å². The molecule has 0 radical (unpaired) electrons. The molecule has 98 valence electrons. The highest BCUT2D eigenvalue weighted by molar-refractivity contribution is 6.74. The molecule has 0 saturated carbocycles. The molecule has 0 aromatic carbocycles. The van der Waals surface area contributed by atoms with Gasteiger partial charge in [-0.1, -0.05) is 33.3 Å². The second kappa shape index (κ2) is 4.31. The number of rotatable bonds is 2. The van der Waals surface area contributed by atoms with Crippen molar-refractivity contribution in [2.45, 2.75) is 66.6 Å². The molecule has 1 aliphatic rings. The zero-order valence-corrected chi connectivity index (χ0v) is 14.0. The Morgan fingerprint density at radius 3 is 1.76 bits per heavy atom. The van der Waals surface area contributed by atoms with Gasteiger partial charge in [0.05, 0.1) is 0 Å². The molecule has 0 bridgehead atoms. The van der Waals surface area contributed by atoms with Crippen LogP contribution in [-0.2, 0) is 4.43 Å². The first-order valence-corrected chi connectivity index (χ1v) is 9.47. The van der Waals surface area contributed by atoms with Crippen molar-refractivity contribution in [2.75, 3.05) is 0 Å². The van der Waals surface area contributed by atoms with Crippen LogP contribution in [0.5, 0.6) is 0 Å². The van der Waals surface area contributed by atoms with Crippen molar-refractivity contribution >= 4 is 8.32 Å². The van der Waals surface area contributed by atoms with E-state index in [1.54, 1.807) is 0 Å². The maximum Gasteiger partial charge on any atom is 0.250 e. The van der Waals surface area contributed by atoms with Crippen molar-refractivity contribution in [2.24, 2.45) is 5.92 Å². The lowest BCUT2D eigenvalue weighted by Gasteiger charge is -2.37. The Morgan fingerprint density at radius 2 is 1.47 bits per heavy atom. The van der Waals surface area contributed by atoms with Crippen LogP contribution in [0.1, 0.15) is 48.5 Å². The molecule has 0 saturated heterocycles. The predicted molar refractivity (Wildman–Crippen MR) is 78.5 cm³/mol. The van der Waals surface area contributed by atoms with E-state index >= 15 is 0 Å². The summed E-state index contributed by atoms with van der Waals surface area (Å²) < 4.78 is 6.49. The van der Waals surface area contributed by atoms with Crippen molar-refractivity contribution in [1.82, 2.24) is 0 Å². The Labute approximate surface area is 108 Å². The first kappa shape index (κ1) is 14.6. The van der Waals surface area contributed by atoms with Gasteiger partial charge in [0.1, 0.15) is 5.76 Å². The van der Waals surface area contributed by atoms with Gasteiger partial charge in [-0.3, -0.25) is 0 Å². The van der Waals surface area contributed by atoms with E-state index < -0.39 is 8.32 Å². The van der Waals surface area contributed by atoms with E-state index in [2.05, 4.69) is 61.6 Å². The Kier molecular flexibility index (Phi) is 3.69. The normalized spacial score (nSPS) is 22.5. The molecule has 0 N–H and O–H groups in total. The highest BCUT2D eigenvalue weighted by atomic mass is 28.4. The third-order valence-electron chi connectivity index (χ3n) is 4.75. The average Bonchev–Trinajstić information content (AvgIpc) is 2.34. The summed E-state index contributed by atoms with van der Waals surface area (Å²) in [4.78, 5) is 0. The van der Waals surface area contributed by atoms with Gasteiger partial charge >= 0.3 is 0 Å². The van der Waals surface area contributed by atoms with E-state index in [4.69, 9.17) is 4.43 Å². The molecule has 0 amide bonds. The molecule has 1 rings (SSSR count). The standard InChI is InChI=1S/C15H28OSi/c1-10-11(2)13(4)14(12(10)3)16-17(8,9)15(5,6)7/h10H,1-9H3. The smallest absolute Gasteiger partial charge is 0.250 e. The Balaban J connectivity index is 3.06. The van der Waals surface area contributed by atoms with Crippen molar-refractivity contribution in [3.63, 3.8) is 0 Å². The summed E-state index contributed by atoms with van der Waals surface area (Å²) >= 11 is 0. The van der Waals surface area contributed by atoms with E-state index in [1.807, 2.05) is 0 Å². The van der Waals surface area contributed by atoms with Gasteiger partial charge in [0.25, 0.3) is 0 Å². The van der Waals surface area contributed by atoms with Gasteiger partial charge in [0, 0.05) is 5.92 Å². The van der Waals surface area contributed by atoms with Gasteiger partial charge in [-0.2, -0.15) is 0 Å². The monoisotopic (exact) mass is 252 g/mol. The molecule has 0 aliphatic heterocycles. The van der Waals surface area contributed by atoms with Crippen LogP contribution in [-0.4, -0.2) is 8.32 Å². The topological polar surface area (TPSA) is 9.23 Å². The molecule has 1 nitrogen and oxygen atoms in total. The summed E-state index contributed by atoms with van der Waals surface area (Å²) in [6, 6.07) is 0. The van der Waals surface area contributed by atoms with Crippen molar-refractivity contribution < 1.29 is 4.43 Å². The van der Waals surface area contributed by atoms with Crippen molar-refractivity contribution in [3.05, 3.63) is 22.5 Å². The first-order valence-electron chi connectivity index (χ1n) is 6.56. The maximum absolute atomic E-state index is 6.49. The molecule has 0 heterocycles. The predicted octanol–water partition coefficient (Wildman–Crippen LogP) is 5.27. The summed E-state index contributed by atoms with van der Waals surface area (Å²) in [7, 11) is -1.70. The molecule has 17 heavy (non-hydrogen) atoms. The van der Waals surface area contributed by atoms with E-state index in [-0.39, 0.29) is 5.04 Å². The van der Waals surface area contributed by atoms with Crippen LogP contribution in [0, 0.1) is 5.92 Å². The van der Waals surface area contributed by atoms with Crippen LogP contribution >= 0.6 is 0 Å². The summed E-state index contributed by atoms with van der Waals surface area (Å²) in [6.07, 6.45) is 0. The fraction of sp³-hybridized carbons (Fsp3) is 0.733. The zero-order valence-electron chi connectivity index (χ0n) is 13.0. The molecule has 1 unspecified atom stereocenters. The molecule has 0 fully saturated rings. The largest absolute Gasteiger partial charge is 0.543 e. The van der Waals surface area contributed by atoms with Crippen LogP contribution in [0.4, 0.5) is 0 Å². The number of hydrogen-bond donors (Lipinski definition) is 0. The Hall–Kier alpha value is -0.503. The zero-order chi connectivity index (χ0) is 13.6. The molecular weight excluding hydrogens is 224 g/mol. The maximum atomic E-state index is 6.49. The molecular formula is C15H28OSi. The van der Waals surface area contributed by atoms with Crippen LogP contribution in [0.15, 0.2) is 22.5 Å². The molecule has 0 spiro atoms. The minimum Gasteiger partial charge on any atom is -0.543 e. The highest BCUT2D eigenvalue weighted by Gasteiger charge is 2.41. The quantitative estimate of drug-likeness (QED) is 0.608. The molecule has 1 atom stereocenters. The minimum atomic E-state index is -1.70. The fourth-order valence-corrected chi connectivity index (χ4v) is 3.02. The van der Waals surface area contributed by atoms with Gasteiger partial charge in [0.15, 0.2) is 0 Å². The van der Waals surface area contributed by atoms with Crippen molar-refractivity contribution in [1.29, 1.82) is 0 Å². The van der Waals surface area contributed by atoms with E-state index in [9.17, 15) is 0 Å². The third kappa shape index (κ3) is 2.52. The van der Waals surface area contributed by atoms with Gasteiger partial charge in [0.2, 0.25) is 8.32 Å². The summed E-state index contributed by atoms with van der Waals surface area (Å²) in [5.41, 5.74) is 4.24. The summed E-state index contributed by atoms with van der Waals surface area (Å²) in [5.74, 6) is 1.73. The minimum absolute atomic E-state index is 0.264. The number of hydrogen-bond acceptors (Lipinski definition) is 1. The first-order chi connectivity index (χ1) is 7.49. The third-order valence-corrected chi connectivity index (χ3v) is 9.08. The van der Waals surface area contributed by atoms with Crippen LogP contribution < -0.4 is 0 Å². The van der Waals surface area contributed by atoms with Crippen LogP contribution in [0.25, 0.3) is 0 Å². The van der Waals surface area contributed by atoms with E-state index in [1.165, 1.54) is 22.5 Å². The van der Waals surface area contributed by atoms with E-state index in [0.29, 0.717) is 5.92 Å². The second-order valence-electron chi connectivity index (χ2n) is 6.90. The molecule has 1 aliphatic carbocycles. The Morgan fingerprint density at radius 1 is 1.00 bits per heavy atom.